The van der Waals surface area contributed by atoms with E-state index in [4.69, 9.17) is 13.1 Å². The molecule has 1 rings (SSSR count). The first-order valence-electron chi connectivity index (χ1n) is 4.59. The Kier molecular flexibility index (Phi) is 4.74. The zero-order chi connectivity index (χ0) is 10.4. The smallest absolute Gasteiger partial charge is 0.304 e. The molecule has 0 aromatic heterocycles. The molecule has 14 heavy (non-hydrogen) atoms. The quantitative estimate of drug-likeness (QED) is 0.516. The second-order valence-corrected chi connectivity index (χ2v) is 4.27. The summed E-state index contributed by atoms with van der Waals surface area (Å²) in [6.45, 7) is 7.52. The van der Waals surface area contributed by atoms with Crippen LogP contribution in [0.25, 0.3) is 0 Å². The van der Waals surface area contributed by atoms with Crippen molar-refractivity contribution in [3.8, 4) is 0 Å². The first-order valence-corrected chi connectivity index (χ1v) is 5.59. The lowest BCUT2D eigenvalue weighted by molar-refractivity contribution is -0.0304. The van der Waals surface area contributed by atoms with Crippen molar-refractivity contribution in [2.75, 3.05) is 26.4 Å². The lowest BCUT2D eigenvalue weighted by atomic mass is 9.88. The Morgan fingerprint density at radius 1 is 1.57 bits per heavy atom. The lowest BCUT2D eigenvalue weighted by Gasteiger charge is -2.33. The standard InChI is InChI=1S/C9H16O4S/c1-3-5-11-6-9(4-2)7-12-14(10)13-8-9/h3H,1,4-8H2,2H3. The molecule has 0 aliphatic carbocycles. The summed E-state index contributed by atoms with van der Waals surface area (Å²) in [5.74, 6) is 0. The molecule has 1 fully saturated rings. The van der Waals surface area contributed by atoms with Crippen LogP contribution in [0.15, 0.2) is 12.7 Å². The SMILES string of the molecule is C=CCOCC1(CC)COS(=O)OC1. The van der Waals surface area contributed by atoms with Crippen LogP contribution in [0.4, 0.5) is 0 Å². The average Bonchev–Trinajstić information content (AvgIpc) is 2.22. The average molecular weight is 220 g/mol. The maximum absolute atomic E-state index is 10.8. The third-order valence-corrected chi connectivity index (χ3v) is 2.94. The zero-order valence-electron chi connectivity index (χ0n) is 8.36. The second kappa shape index (κ2) is 5.60. The van der Waals surface area contributed by atoms with Crippen molar-refractivity contribution in [1.29, 1.82) is 0 Å². The monoisotopic (exact) mass is 220 g/mol. The van der Waals surface area contributed by atoms with Gasteiger partial charge in [0.1, 0.15) is 0 Å². The zero-order valence-corrected chi connectivity index (χ0v) is 9.18. The summed E-state index contributed by atoms with van der Waals surface area (Å²) in [5.41, 5.74) is -0.156. The minimum Gasteiger partial charge on any atom is -0.377 e. The van der Waals surface area contributed by atoms with E-state index in [1.165, 1.54) is 0 Å². The van der Waals surface area contributed by atoms with Gasteiger partial charge in [-0.05, 0) is 6.42 Å². The fraction of sp³-hybridized carbons (Fsp3) is 0.778. The van der Waals surface area contributed by atoms with Crippen LogP contribution in [-0.4, -0.2) is 30.6 Å². The van der Waals surface area contributed by atoms with Gasteiger partial charge in [0.25, 0.3) is 0 Å². The predicted molar refractivity (Wildman–Crippen MR) is 53.8 cm³/mol. The van der Waals surface area contributed by atoms with E-state index in [9.17, 15) is 4.21 Å². The molecule has 0 spiro atoms. The molecule has 0 amide bonds. The fourth-order valence-electron chi connectivity index (χ4n) is 1.17. The Morgan fingerprint density at radius 3 is 2.71 bits per heavy atom. The molecule has 1 aliphatic heterocycles. The van der Waals surface area contributed by atoms with Crippen LogP contribution in [0.5, 0.6) is 0 Å². The first-order chi connectivity index (χ1) is 6.72. The molecule has 1 aliphatic rings. The topological polar surface area (TPSA) is 44.8 Å². The van der Waals surface area contributed by atoms with E-state index in [2.05, 4.69) is 6.58 Å². The Balaban J connectivity index is 2.41. The summed E-state index contributed by atoms with van der Waals surface area (Å²) in [7, 11) is 0. The molecule has 0 unspecified atom stereocenters. The lowest BCUT2D eigenvalue weighted by Crippen LogP contribution is -2.41. The van der Waals surface area contributed by atoms with E-state index in [1.54, 1.807) is 6.08 Å². The molecule has 1 saturated heterocycles. The van der Waals surface area contributed by atoms with Crippen molar-refractivity contribution in [2.24, 2.45) is 5.41 Å². The van der Waals surface area contributed by atoms with Crippen LogP contribution in [-0.2, 0) is 24.5 Å². The minimum absolute atomic E-state index is 0.156. The van der Waals surface area contributed by atoms with Crippen LogP contribution < -0.4 is 0 Å². The number of hydrogen-bond donors (Lipinski definition) is 0. The summed E-state index contributed by atoms with van der Waals surface area (Å²) in [6, 6.07) is 0. The fourth-order valence-corrected chi connectivity index (χ4v) is 1.93. The van der Waals surface area contributed by atoms with Crippen LogP contribution in [0.1, 0.15) is 13.3 Å². The highest BCUT2D eigenvalue weighted by Crippen LogP contribution is 2.28. The van der Waals surface area contributed by atoms with Gasteiger partial charge in [-0.15, -0.1) is 6.58 Å². The summed E-state index contributed by atoms with van der Waals surface area (Å²) < 4.78 is 26.1. The van der Waals surface area contributed by atoms with Crippen molar-refractivity contribution < 1.29 is 17.3 Å². The molecule has 0 aromatic carbocycles. The van der Waals surface area contributed by atoms with E-state index in [0.29, 0.717) is 26.4 Å². The molecule has 0 bridgehead atoms. The maximum atomic E-state index is 10.8. The van der Waals surface area contributed by atoms with Gasteiger partial charge in [-0.2, -0.15) is 4.21 Å². The van der Waals surface area contributed by atoms with Crippen molar-refractivity contribution in [3.05, 3.63) is 12.7 Å². The molecule has 0 atom stereocenters. The molecular weight excluding hydrogens is 204 g/mol. The maximum Gasteiger partial charge on any atom is 0.304 e. The molecule has 0 saturated carbocycles. The highest BCUT2D eigenvalue weighted by Gasteiger charge is 2.35. The summed E-state index contributed by atoms with van der Waals surface area (Å²) in [5, 5.41) is 0. The number of ether oxygens (including phenoxy) is 1. The molecule has 5 heteroatoms. The third-order valence-electron chi connectivity index (χ3n) is 2.32. The van der Waals surface area contributed by atoms with Gasteiger partial charge in [0.2, 0.25) is 0 Å². The Labute approximate surface area is 87.1 Å². The normalized spacial score (nSPS) is 32.8. The number of rotatable bonds is 5. The molecule has 0 N–H and O–H groups in total. The molecule has 0 radical (unpaired) electrons. The molecule has 82 valence electrons. The molecule has 0 aromatic rings. The van der Waals surface area contributed by atoms with Gasteiger partial charge in [0.15, 0.2) is 0 Å². The summed E-state index contributed by atoms with van der Waals surface area (Å²) in [6.07, 6.45) is 2.58. The molecule has 4 nitrogen and oxygen atoms in total. The Bertz CT molecular complexity index is 207. The second-order valence-electron chi connectivity index (χ2n) is 3.39. The Hall–Kier alpha value is -0.230. The van der Waals surface area contributed by atoms with E-state index < -0.39 is 11.4 Å². The Morgan fingerprint density at radius 2 is 2.21 bits per heavy atom. The third kappa shape index (κ3) is 3.16. The van der Waals surface area contributed by atoms with Gasteiger partial charge in [0, 0.05) is 5.41 Å². The van der Waals surface area contributed by atoms with Crippen LogP contribution in [0.2, 0.25) is 0 Å². The van der Waals surface area contributed by atoms with Crippen molar-refractivity contribution in [1.82, 2.24) is 0 Å². The predicted octanol–water partition coefficient (Wildman–Crippen LogP) is 1.21. The van der Waals surface area contributed by atoms with E-state index in [1.807, 2.05) is 6.92 Å². The van der Waals surface area contributed by atoms with Crippen molar-refractivity contribution in [3.63, 3.8) is 0 Å². The van der Waals surface area contributed by atoms with Crippen LogP contribution in [0.3, 0.4) is 0 Å². The summed E-state index contributed by atoms with van der Waals surface area (Å²) in [4.78, 5) is 0. The molecule has 1 heterocycles. The van der Waals surface area contributed by atoms with Gasteiger partial charge >= 0.3 is 11.4 Å². The summed E-state index contributed by atoms with van der Waals surface area (Å²) >= 11 is -1.57. The largest absolute Gasteiger partial charge is 0.377 e. The van der Waals surface area contributed by atoms with Gasteiger partial charge in [-0.25, -0.2) is 0 Å². The first kappa shape index (κ1) is 11.8. The number of hydrogen-bond acceptors (Lipinski definition) is 4. The van der Waals surface area contributed by atoms with Crippen LogP contribution in [0, 0.1) is 5.41 Å². The van der Waals surface area contributed by atoms with E-state index in [0.717, 1.165) is 6.42 Å². The van der Waals surface area contributed by atoms with Crippen molar-refractivity contribution >= 4 is 11.4 Å². The van der Waals surface area contributed by atoms with Gasteiger partial charge in [-0.1, -0.05) is 13.0 Å². The highest BCUT2D eigenvalue weighted by molar-refractivity contribution is 7.75. The van der Waals surface area contributed by atoms with Gasteiger partial charge in [0.05, 0.1) is 26.4 Å². The van der Waals surface area contributed by atoms with E-state index in [-0.39, 0.29) is 5.41 Å². The van der Waals surface area contributed by atoms with Gasteiger partial charge in [-0.3, -0.25) is 8.37 Å². The minimum atomic E-state index is -1.57. The van der Waals surface area contributed by atoms with Crippen molar-refractivity contribution in [2.45, 2.75) is 13.3 Å². The van der Waals surface area contributed by atoms with E-state index >= 15 is 0 Å². The van der Waals surface area contributed by atoms with Crippen LogP contribution >= 0.6 is 0 Å². The highest BCUT2D eigenvalue weighted by atomic mass is 32.2. The molecular formula is C9H16O4S. The van der Waals surface area contributed by atoms with Gasteiger partial charge < -0.3 is 4.74 Å².